The molecular weight excluding hydrogens is 394 g/mol. The molecule has 5 rings (SSSR count). The molecule has 6 heteroatoms. The monoisotopic (exact) mass is 423 g/mol. The van der Waals surface area contributed by atoms with Gasteiger partial charge in [0.05, 0.1) is 11.4 Å². The van der Waals surface area contributed by atoms with Gasteiger partial charge < -0.3 is 5.32 Å². The highest BCUT2D eigenvalue weighted by atomic mass is 35.5. The Kier molecular flexibility index (Phi) is 5.77. The number of fused-ring (bicyclic) bond motifs is 1. The minimum Gasteiger partial charge on any atom is -0.312 e. The second-order valence-corrected chi connectivity index (χ2v) is 9.38. The molecule has 5 nitrogen and oxygen atoms in total. The second kappa shape index (κ2) is 8.66. The SMILES string of the molecule is Cc1nn2c(C3CCCN(Cc4ccc(Cl)cc4)C3)ccnc2c1CNCC1CC1. The Balaban J connectivity index is 1.33. The van der Waals surface area contributed by atoms with Crippen LogP contribution in [0.25, 0.3) is 5.65 Å². The molecule has 2 aromatic heterocycles. The standard InChI is InChI=1S/C24H30ClN5/c1-17-22(14-26-13-18-4-5-18)24-27-11-10-23(30(24)28-17)20-3-2-12-29(16-20)15-19-6-8-21(25)9-7-19/h6-11,18,20,26H,2-5,12-16H2,1H3. The smallest absolute Gasteiger partial charge is 0.159 e. The molecule has 0 radical (unpaired) electrons. The van der Waals surface area contributed by atoms with Crippen molar-refractivity contribution in [3.8, 4) is 0 Å². The van der Waals surface area contributed by atoms with Gasteiger partial charge in [-0.2, -0.15) is 5.10 Å². The van der Waals surface area contributed by atoms with Crippen LogP contribution in [-0.4, -0.2) is 39.1 Å². The maximum absolute atomic E-state index is 6.04. The molecule has 1 aromatic carbocycles. The number of aryl methyl sites for hydroxylation is 1. The third-order valence-corrected chi connectivity index (χ3v) is 6.77. The first-order valence-electron chi connectivity index (χ1n) is 11.2. The van der Waals surface area contributed by atoms with Gasteiger partial charge >= 0.3 is 0 Å². The van der Waals surface area contributed by atoms with Crippen molar-refractivity contribution in [2.24, 2.45) is 5.92 Å². The summed E-state index contributed by atoms with van der Waals surface area (Å²) in [5.74, 6) is 1.35. The van der Waals surface area contributed by atoms with Crippen molar-refractivity contribution in [1.29, 1.82) is 0 Å². The first-order chi connectivity index (χ1) is 14.7. The van der Waals surface area contributed by atoms with Gasteiger partial charge in [-0.1, -0.05) is 23.7 Å². The lowest BCUT2D eigenvalue weighted by atomic mass is 9.94. The molecule has 1 saturated carbocycles. The lowest BCUT2D eigenvalue weighted by Crippen LogP contribution is -2.34. The Hall–Kier alpha value is -1.95. The maximum Gasteiger partial charge on any atom is 0.159 e. The molecule has 0 amide bonds. The molecule has 0 spiro atoms. The fourth-order valence-electron chi connectivity index (χ4n) is 4.64. The van der Waals surface area contributed by atoms with Crippen molar-refractivity contribution in [2.45, 2.75) is 51.6 Å². The number of hydrogen-bond donors (Lipinski definition) is 1. The summed E-state index contributed by atoms with van der Waals surface area (Å²) in [5, 5.41) is 9.31. The van der Waals surface area contributed by atoms with Crippen LogP contribution >= 0.6 is 11.6 Å². The van der Waals surface area contributed by atoms with E-state index in [9.17, 15) is 0 Å². The van der Waals surface area contributed by atoms with Crippen LogP contribution in [0, 0.1) is 12.8 Å². The Morgan fingerprint density at radius 2 is 1.97 bits per heavy atom. The van der Waals surface area contributed by atoms with Crippen LogP contribution in [0.15, 0.2) is 36.5 Å². The minimum absolute atomic E-state index is 0.475. The van der Waals surface area contributed by atoms with Crippen molar-refractivity contribution in [3.05, 3.63) is 64.1 Å². The molecule has 2 aliphatic rings. The van der Waals surface area contributed by atoms with Crippen molar-refractivity contribution < 1.29 is 0 Å². The Morgan fingerprint density at radius 1 is 1.13 bits per heavy atom. The molecule has 1 aliphatic heterocycles. The molecule has 1 N–H and O–H groups in total. The molecule has 1 atom stereocenters. The molecule has 1 saturated heterocycles. The molecule has 158 valence electrons. The summed E-state index contributed by atoms with van der Waals surface area (Å²) in [6, 6.07) is 10.4. The largest absolute Gasteiger partial charge is 0.312 e. The van der Waals surface area contributed by atoms with E-state index in [1.54, 1.807) is 0 Å². The number of aromatic nitrogens is 3. The van der Waals surface area contributed by atoms with Gasteiger partial charge in [-0.15, -0.1) is 0 Å². The van der Waals surface area contributed by atoms with Crippen LogP contribution in [0.4, 0.5) is 0 Å². The van der Waals surface area contributed by atoms with Gasteiger partial charge in [0.2, 0.25) is 0 Å². The summed E-state index contributed by atoms with van der Waals surface area (Å²) in [7, 11) is 0. The number of hydrogen-bond acceptors (Lipinski definition) is 4. The Morgan fingerprint density at radius 3 is 2.77 bits per heavy atom. The van der Waals surface area contributed by atoms with Crippen LogP contribution in [-0.2, 0) is 13.1 Å². The first kappa shape index (κ1) is 20.0. The summed E-state index contributed by atoms with van der Waals surface area (Å²) in [4.78, 5) is 7.25. The van der Waals surface area contributed by atoms with Gasteiger partial charge in [0.1, 0.15) is 0 Å². The fraction of sp³-hybridized carbons (Fsp3) is 0.500. The zero-order valence-corrected chi connectivity index (χ0v) is 18.4. The molecule has 1 aliphatic carbocycles. The molecular formula is C24H30ClN5. The van der Waals surface area contributed by atoms with E-state index in [1.165, 1.54) is 42.5 Å². The summed E-state index contributed by atoms with van der Waals surface area (Å²) in [6.07, 6.45) is 7.12. The molecule has 0 bridgehead atoms. The predicted octanol–water partition coefficient (Wildman–Crippen LogP) is 4.57. The Bertz CT molecular complexity index is 1010. The molecule has 30 heavy (non-hydrogen) atoms. The third-order valence-electron chi connectivity index (χ3n) is 6.52. The van der Waals surface area contributed by atoms with Crippen molar-refractivity contribution in [3.63, 3.8) is 0 Å². The van der Waals surface area contributed by atoms with Crippen LogP contribution in [0.1, 0.15) is 54.1 Å². The van der Waals surface area contributed by atoms with Gasteiger partial charge in [-0.05, 0) is 75.4 Å². The number of benzene rings is 1. The number of piperidine rings is 1. The van der Waals surface area contributed by atoms with E-state index in [1.807, 2.05) is 18.3 Å². The lowest BCUT2D eigenvalue weighted by Gasteiger charge is -2.33. The van der Waals surface area contributed by atoms with Crippen LogP contribution < -0.4 is 5.32 Å². The van der Waals surface area contributed by atoms with E-state index in [0.29, 0.717) is 5.92 Å². The van der Waals surface area contributed by atoms with E-state index in [4.69, 9.17) is 21.7 Å². The maximum atomic E-state index is 6.04. The average molecular weight is 424 g/mol. The van der Waals surface area contributed by atoms with Crippen molar-refractivity contribution in [2.75, 3.05) is 19.6 Å². The Labute approximate surface area is 183 Å². The lowest BCUT2D eigenvalue weighted by molar-refractivity contribution is 0.197. The van der Waals surface area contributed by atoms with Gasteiger partial charge in [0.15, 0.2) is 5.65 Å². The van der Waals surface area contributed by atoms with Gasteiger partial charge in [-0.3, -0.25) is 4.90 Å². The summed E-state index contributed by atoms with van der Waals surface area (Å²) < 4.78 is 2.11. The average Bonchev–Trinajstić information content (AvgIpc) is 3.52. The highest BCUT2D eigenvalue weighted by molar-refractivity contribution is 6.30. The number of rotatable bonds is 7. The van der Waals surface area contributed by atoms with E-state index in [-0.39, 0.29) is 0 Å². The van der Waals surface area contributed by atoms with E-state index in [2.05, 4.69) is 39.9 Å². The van der Waals surface area contributed by atoms with E-state index < -0.39 is 0 Å². The predicted molar refractivity (Wildman–Crippen MR) is 121 cm³/mol. The minimum atomic E-state index is 0.475. The normalized spacial score (nSPS) is 20.1. The van der Waals surface area contributed by atoms with Crippen LogP contribution in [0.5, 0.6) is 0 Å². The van der Waals surface area contributed by atoms with Gasteiger partial charge in [0.25, 0.3) is 0 Å². The topological polar surface area (TPSA) is 45.5 Å². The highest BCUT2D eigenvalue weighted by Crippen LogP contribution is 2.30. The molecule has 3 heterocycles. The third kappa shape index (κ3) is 4.39. The molecule has 1 unspecified atom stereocenters. The summed E-state index contributed by atoms with van der Waals surface area (Å²) in [6.45, 7) is 7.24. The second-order valence-electron chi connectivity index (χ2n) is 8.94. The highest BCUT2D eigenvalue weighted by Gasteiger charge is 2.25. The van der Waals surface area contributed by atoms with Crippen molar-refractivity contribution in [1.82, 2.24) is 24.8 Å². The first-order valence-corrected chi connectivity index (χ1v) is 11.6. The number of halogens is 1. The molecule has 3 aromatic rings. The van der Waals surface area contributed by atoms with Crippen molar-refractivity contribution >= 4 is 17.2 Å². The van der Waals surface area contributed by atoms with E-state index in [0.717, 1.165) is 55.0 Å². The van der Waals surface area contributed by atoms with E-state index >= 15 is 0 Å². The number of nitrogens with zero attached hydrogens (tertiary/aromatic N) is 4. The summed E-state index contributed by atoms with van der Waals surface area (Å²) in [5.41, 5.74) is 5.96. The fourth-order valence-corrected chi connectivity index (χ4v) is 4.77. The van der Waals surface area contributed by atoms with Crippen LogP contribution in [0.2, 0.25) is 5.02 Å². The van der Waals surface area contributed by atoms with Gasteiger partial charge in [0, 0.05) is 42.3 Å². The zero-order valence-electron chi connectivity index (χ0n) is 17.6. The van der Waals surface area contributed by atoms with Crippen LogP contribution in [0.3, 0.4) is 0 Å². The zero-order chi connectivity index (χ0) is 20.5. The number of likely N-dealkylation sites (tertiary alicyclic amines) is 1. The number of nitrogens with one attached hydrogen (secondary N) is 1. The summed E-state index contributed by atoms with van der Waals surface area (Å²) >= 11 is 6.04. The molecule has 2 fully saturated rings. The van der Waals surface area contributed by atoms with Gasteiger partial charge in [-0.25, -0.2) is 9.50 Å². The quantitative estimate of drug-likeness (QED) is 0.604.